The normalized spacial score (nSPS) is 20.9. The number of benzene rings is 2. The van der Waals surface area contributed by atoms with E-state index in [-0.39, 0.29) is 36.3 Å². The summed E-state index contributed by atoms with van der Waals surface area (Å²) >= 11 is 0. The predicted molar refractivity (Wildman–Crippen MR) is 163 cm³/mol. The van der Waals surface area contributed by atoms with Gasteiger partial charge in [-0.15, -0.1) is 10.2 Å². The molecule has 2 N–H and O–H groups in total. The molecule has 1 saturated heterocycles. The number of likely N-dealkylation sites (tertiary alicyclic amines) is 1. The SMILES string of the molecule is CN(C)C(=O)c1ccc2c(c1)CCc1cc(C(=O)N(C)C)ccc1C2(CCNCC(=O)N1[C@H](C#N)C[C@@H]2C[C@@H]21)c1nnc[nH]1. The van der Waals surface area contributed by atoms with Gasteiger partial charge in [0.1, 0.15) is 18.2 Å². The van der Waals surface area contributed by atoms with E-state index >= 15 is 0 Å². The van der Waals surface area contributed by atoms with Gasteiger partial charge in [0.15, 0.2) is 0 Å². The number of aryl methyl sites for hydroxylation is 2. The Labute approximate surface area is 257 Å². The summed E-state index contributed by atoms with van der Waals surface area (Å²) in [4.78, 5) is 47.3. The zero-order chi connectivity index (χ0) is 31.2. The van der Waals surface area contributed by atoms with Gasteiger partial charge in [0, 0.05) is 45.4 Å². The van der Waals surface area contributed by atoms with Gasteiger partial charge in [-0.2, -0.15) is 5.26 Å². The summed E-state index contributed by atoms with van der Waals surface area (Å²) < 4.78 is 0. The maximum absolute atomic E-state index is 13.2. The molecular formula is C33H38N8O3. The number of nitriles is 1. The van der Waals surface area contributed by atoms with E-state index in [2.05, 4.69) is 26.6 Å². The van der Waals surface area contributed by atoms with E-state index in [1.165, 1.54) is 0 Å². The van der Waals surface area contributed by atoms with Crippen molar-refractivity contribution in [1.82, 2.24) is 35.2 Å². The minimum absolute atomic E-state index is 0.0457. The number of nitrogens with one attached hydrogen (secondary N) is 2. The number of piperidine rings is 1. The number of carbonyl (C=O) groups excluding carboxylic acids is 3. The second-order valence-corrected chi connectivity index (χ2v) is 12.6. The molecule has 2 heterocycles. The van der Waals surface area contributed by atoms with Gasteiger partial charge in [0.2, 0.25) is 5.91 Å². The fourth-order valence-corrected chi connectivity index (χ4v) is 7.18. The van der Waals surface area contributed by atoms with Gasteiger partial charge in [-0.05, 0) is 91.1 Å². The number of carbonyl (C=O) groups is 3. The summed E-state index contributed by atoms with van der Waals surface area (Å²) in [6.07, 6.45) is 5.20. The number of nitrogens with zero attached hydrogens (tertiary/aromatic N) is 6. The minimum atomic E-state index is -0.794. The number of hydrogen-bond acceptors (Lipinski definition) is 7. The van der Waals surface area contributed by atoms with Gasteiger partial charge >= 0.3 is 0 Å². The topological polar surface area (TPSA) is 138 Å². The van der Waals surface area contributed by atoms with Crippen molar-refractivity contribution in [2.45, 2.75) is 49.6 Å². The van der Waals surface area contributed by atoms with Crippen molar-refractivity contribution >= 4 is 17.7 Å². The molecule has 3 aromatic rings. The first-order chi connectivity index (χ1) is 21.1. The molecule has 6 rings (SSSR count). The Morgan fingerprint density at radius 1 is 1.00 bits per heavy atom. The van der Waals surface area contributed by atoms with Crippen LogP contribution in [0.15, 0.2) is 42.7 Å². The maximum Gasteiger partial charge on any atom is 0.253 e. The number of aromatic nitrogens is 3. The molecule has 2 fully saturated rings. The van der Waals surface area contributed by atoms with E-state index < -0.39 is 5.41 Å². The van der Waals surface area contributed by atoms with Crippen molar-refractivity contribution in [1.29, 1.82) is 5.26 Å². The zero-order valence-corrected chi connectivity index (χ0v) is 25.6. The van der Waals surface area contributed by atoms with Crippen molar-refractivity contribution in [3.05, 3.63) is 81.9 Å². The Balaban J connectivity index is 1.39. The van der Waals surface area contributed by atoms with Gasteiger partial charge in [-0.3, -0.25) is 14.4 Å². The Hall–Kier alpha value is -4.56. The van der Waals surface area contributed by atoms with Crippen molar-refractivity contribution in [2.24, 2.45) is 5.92 Å². The molecule has 228 valence electrons. The average Bonchev–Trinajstić information content (AvgIpc) is 3.41. The largest absolute Gasteiger partial charge is 0.345 e. The van der Waals surface area contributed by atoms with Crippen LogP contribution in [-0.2, 0) is 23.1 Å². The molecule has 1 saturated carbocycles. The van der Waals surface area contributed by atoms with Gasteiger partial charge in [-0.1, -0.05) is 12.1 Å². The lowest BCUT2D eigenvalue weighted by molar-refractivity contribution is -0.131. The second-order valence-electron chi connectivity index (χ2n) is 12.6. The van der Waals surface area contributed by atoms with E-state index in [1.54, 1.807) is 49.2 Å². The molecule has 11 nitrogen and oxygen atoms in total. The Bertz CT molecular complexity index is 1570. The number of amides is 3. The summed E-state index contributed by atoms with van der Waals surface area (Å²) in [6.45, 7) is 0.612. The summed E-state index contributed by atoms with van der Waals surface area (Å²) in [5.41, 5.74) is 4.48. The molecule has 2 aliphatic carbocycles. The Morgan fingerprint density at radius 3 is 2.14 bits per heavy atom. The third kappa shape index (κ3) is 5.03. The van der Waals surface area contributed by atoms with Crippen LogP contribution in [0.2, 0.25) is 0 Å². The Morgan fingerprint density at radius 2 is 1.61 bits per heavy atom. The standard InChI is InChI=1S/C33H38N8O3/c1-39(2)30(43)22-7-9-26-20(13-22)5-6-21-14-23(31(44)40(3)4)8-10-27(21)33(26,32-36-19-37-38-32)11-12-35-18-29(42)41-25(17-34)15-24-16-28(24)41/h7-10,13-14,19,24-25,28,35H,5-6,11-12,15-16,18H2,1-4H3,(H,36,37,38)/t24-,25+,28+/m1/s1. The molecule has 2 aromatic carbocycles. The van der Waals surface area contributed by atoms with E-state index in [9.17, 15) is 19.6 Å². The number of H-pyrrole nitrogens is 1. The van der Waals surface area contributed by atoms with Crippen molar-refractivity contribution in [3.8, 4) is 6.07 Å². The highest BCUT2D eigenvalue weighted by Crippen LogP contribution is 2.48. The molecule has 0 spiro atoms. The molecule has 3 amide bonds. The van der Waals surface area contributed by atoms with Crippen molar-refractivity contribution in [3.63, 3.8) is 0 Å². The first-order valence-corrected chi connectivity index (χ1v) is 15.1. The molecule has 44 heavy (non-hydrogen) atoms. The summed E-state index contributed by atoms with van der Waals surface area (Å²) in [5, 5.41) is 21.6. The molecule has 3 aliphatic rings. The van der Waals surface area contributed by atoms with Crippen LogP contribution in [-0.4, -0.2) is 101 Å². The van der Waals surface area contributed by atoms with Crippen LogP contribution in [0.3, 0.4) is 0 Å². The number of fused-ring (bicyclic) bond motifs is 3. The Kier molecular flexibility index (Phi) is 7.72. The zero-order valence-electron chi connectivity index (χ0n) is 25.6. The number of rotatable bonds is 8. The third-order valence-electron chi connectivity index (χ3n) is 9.42. The molecule has 0 unspecified atom stereocenters. The van der Waals surface area contributed by atoms with Crippen LogP contribution < -0.4 is 5.32 Å². The van der Waals surface area contributed by atoms with Crippen LogP contribution in [0, 0.1) is 17.2 Å². The van der Waals surface area contributed by atoms with Gasteiger partial charge in [0.05, 0.1) is 18.0 Å². The smallest absolute Gasteiger partial charge is 0.253 e. The minimum Gasteiger partial charge on any atom is -0.345 e. The predicted octanol–water partition coefficient (Wildman–Crippen LogP) is 2.13. The fourth-order valence-electron chi connectivity index (χ4n) is 7.18. The van der Waals surface area contributed by atoms with Crippen LogP contribution in [0.5, 0.6) is 0 Å². The summed E-state index contributed by atoms with van der Waals surface area (Å²) in [5.74, 6) is 0.920. The third-order valence-corrected chi connectivity index (χ3v) is 9.42. The quantitative estimate of drug-likeness (QED) is 0.381. The van der Waals surface area contributed by atoms with E-state index in [0.717, 1.165) is 35.1 Å². The molecular weight excluding hydrogens is 556 g/mol. The van der Waals surface area contributed by atoms with Crippen molar-refractivity contribution in [2.75, 3.05) is 41.3 Å². The average molecular weight is 595 g/mol. The lowest BCUT2D eigenvalue weighted by Gasteiger charge is -2.35. The highest BCUT2D eigenvalue weighted by atomic mass is 16.2. The van der Waals surface area contributed by atoms with Crippen LogP contribution in [0.25, 0.3) is 0 Å². The van der Waals surface area contributed by atoms with Crippen LogP contribution in [0.4, 0.5) is 0 Å². The fraction of sp³-hybridized carbons (Fsp3) is 0.455. The lowest BCUT2D eigenvalue weighted by Crippen LogP contribution is -2.44. The summed E-state index contributed by atoms with van der Waals surface area (Å²) in [6, 6.07) is 13.9. The highest BCUT2D eigenvalue weighted by molar-refractivity contribution is 5.95. The highest BCUT2D eigenvalue weighted by Gasteiger charge is 2.54. The van der Waals surface area contributed by atoms with Gasteiger partial charge < -0.3 is 25.0 Å². The second kappa shape index (κ2) is 11.5. The van der Waals surface area contributed by atoms with Gasteiger partial charge in [0.25, 0.3) is 11.8 Å². The molecule has 0 radical (unpaired) electrons. The number of hydrogen-bond donors (Lipinski definition) is 2. The number of aromatic amines is 1. The summed E-state index contributed by atoms with van der Waals surface area (Å²) in [7, 11) is 6.96. The van der Waals surface area contributed by atoms with E-state index in [4.69, 9.17) is 0 Å². The monoisotopic (exact) mass is 594 g/mol. The van der Waals surface area contributed by atoms with E-state index in [0.29, 0.717) is 48.7 Å². The molecule has 11 heteroatoms. The lowest BCUT2D eigenvalue weighted by atomic mass is 9.69. The molecule has 0 bridgehead atoms. The first kappa shape index (κ1) is 29.5. The molecule has 1 aromatic heterocycles. The van der Waals surface area contributed by atoms with Gasteiger partial charge in [-0.25, -0.2) is 0 Å². The van der Waals surface area contributed by atoms with E-state index in [1.807, 2.05) is 36.4 Å². The molecule has 3 atom stereocenters. The van der Waals surface area contributed by atoms with Crippen LogP contribution in [0.1, 0.15) is 68.1 Å². The maximum atomic E-state index is 13.2. The van der Waals surface area contributed by atoms with Crippen LogP contribution >= 0.6 is 0 Å². The first-order valence-electron chi connectivity index (χ1n) is 15.1. The van der Waals surface area contributed by atoms with Crippen molar-refractivity contribution < 1.29 is 14.4 Å². The molecule has 1 aliphatic heterocycles.